The molecule has 0 aliphatic heterocycles. The van der Waals surface area contributed by atoms with Crippen molar-refractivity contribution in [1.29, 1.82) is 0 Å². The molecule has 0 saturated heterocycles. The lowest BCUT2D eigenvalue weighted by Gasteiger charge is -2.16. The topological polar surface area (TPSA) is 175 Å². The number of nitrogens with zero attached hydrogens (tertiary/aromatic N) is 1. The van der Waals surface area contributed by atoms with Gasteiger partial charge in [0, 0.05) is 41.6 Å². The van der Waals surface area contributed by atoms with Gasteiger partial charge in [-0.3, -0.25) is 29.7 Å². The Morgan fingerprint density at radius 2 is 1.42 bits per heavy atom. The van der Waals surface area contributed by atoms with E-state index in [0.717, 1.165) is 12.4 Å². The summed E-state index contributed by atoms with van der Waals surface area (Å²) in [6, 6.07) is 5.36. The summed E-state index contributed by atoms with van der Waals surface area (Å²) in [6.45, 7) is 0. The van der Waals surface area contributed by atoms with Gasteiger partial charge in [0.05, 0.1) is 4.92 Å². The van der Waals surface area contributed by atoms with Crippen LogP contribution < -0.4 is 22.5 Å². The van der Waals surface area contributed by atoms with Gasteiger partial charge < -0.3 is 9.97 Å². The van der Waals surface area contributed by atoms with Crippen LogP contribution >= 0.6 is 0 Å². The van der Waals surface area contributed by atoms with Crippen LogP contribution in [0.3, 0.4) is 0 Å². The lowest BCUT2D eigenvalue weighted by molar-refractivity contribution is -0.384. The van der Waals surface area contributed by atoms with Crippen LogP contribution in [0.1, 0.15) is 22.6 Å². The number of aromatic amines is 4. The number of aromatic nitrogens is 4. The molecular weight excluding hydrogens is 346 g/mol. The summed E-state index contributed by atoms with van der Waals surface area (Å²) in [5, 5.41) is 11.0. The molecular formula is C15H11N5O6. The number of nitrogens with one attached hydrogen (secondary N) is 4. The number of benzene rings is 1. The molecule has 0 radical (unpaired) electrons. The van der Waals surface area contributed by atoms with Crippen molar-refractivity contribution in [2.24, 2.45) is 0 Å². The van der Waals surface area contributed by atoms with Crippen molar-refractivity contribution in [3.05, 3.63) is 105 Å². The van der Waals surface area contributed by atoms with Crippen molar-refractivity contribution >= 4 is 5.69 Å². The van der Waals surface area contributed by atoms with Gasteiger partial charge in [0.1, 0.15) is 0 Å². The maximum absolute atomic E-state index is 12.2. The molecule has 4 N–H and O–H groups in total. The van der Waals surface area contributed by atoms with Crippen LogP contribution in [0.5, 0.6) is 0 Å². The Balaban J connectivity index is 2.32. The third-order valence-electron chi connectivity index (χ3n) is 3.73. The van der Waals surface area contributed by atoms with Crippen LogP contribution in [0.25, 0.3) is 0 Å². The molecule has 3 aromatic rings. The number of hydrogen-bond acceptors (Lipinski definition) is 6. The van der Waals surface area contributed by atoms with Crippen molar-refractivity contribution in [3.63, 3.8) is 0 Å². The highest BCUT2D eigenvalue weighted by molar-refractivity contribution is 5.44. The van der Waals surface area contributed by atoms with Gasteiger partial charge in [-0.25, -0.2) is 9.59 Å². The zero-order valence-corrected chi connectivity index (χ0v) is 12.9. The third kappa shape index (κ3) is 3.13. The van der Waals surface area contributed by atoms with Gasteiger partial charge in [0.2, 0.25) is 0 Å². The summed E-state index contributed by atoms with van der Waals surface area (Å²) >= 11 is 0. The Labute approximate surface area is 142 Å². The highest BCUT2D eigenvalue weighted by Gasteiger charge is 2.25. The van der Waals surface area contributed by atoms with Crippen LogP contribution in [0, 0.1) is 10.1 Å². The van der Waals surface area contributed by atoms with Crippen LogP contribution in [0.4, 0.5) is 5.69 Å². The second-order valence-corrected chi connectivity index (χ2v) is 5.34. The van der Waals surface area contributed by atoms with Gasteiger partial charge in [0.25, 0.3) is 16.8 Å². The standard InChI is InChI=1S/C15H11N5O6/c21-12-9(5-16-14(23)18-12)11(10-6-17-15(24)19-13(10)22)7-2-1-3-8(4-7)20(25)26/h1-6,11H,(H2,16,18,21,23)(H2,17,19,22,24). The fraction of sp³-hybridized carbons (Fsp3) is 0.0667. The lowest BCUT2D eigenvalue weighted by atomic mass is 9.87. The molecule has 0 amide bonds. The maximum atomic E-state index is 12.2. The first-order chi connectivity index (χ1) is 12.4. The molecule has 2 aromatic heterocycles. The fourth-order valence-electron chi connectivity index (χ4n) is 2.61. The van der Waals surface area contributed by atoms with Crippen molar-refractivity contribution in [2.75, 3.05) is 0 Å². The molecule has 0 unspecified atom stereocenters. The highest BCUT2D eigenvalue weighted by atomic mass is 16.6. The van der Waals surface area contributed by atoms with E-state index in [9.17, 15) is 29.3 Å². The summed E-state index contributed by atoms with van der Waals surface area (Å²) in [6.07, 6.45) is 2.24. The maximum Gasteiger partial charge on any atom is 0.325 e. The number of nitro benzene ring substituents is 1. The number of H-pyrrole nitrogens is 4. The van der Waals surface area contributed by atoms with Crippen molar-refractivity contribution in [1.82, 2.24) is 19.9 Å². The second kappa shape index (κ2) is 6.47. The fourth-order valence-corrected chi connectivity index (χ4v) is 2.61. The lowest BCUT2D eigenvalue weighted by Crippen LogP contribution is -2.31. The molecule has 0 aliphatic rings. The summed E-state index contributed by atoms with van der Waals surface area (Å²) in [7, 11) is 0. The van der Waals surface area contributed by atoms with E-state index in [1.165, 1.54) is 24.3 Å². The first-order valence-electron chi connectivity index (χ1n) is 7.25. The monoisotopic (exact) mass is 357 g/mol. The summed E-state index contributed by atoms with van der Waals surface area (Å²) in [5.74, 6) is -1.06. The average molecular weight is 357 g/mol. The predicted molar refractivity (Wildman–Crippen MR) is 89.4 cm³/mol. The number of rotatable bonds is 4. The Hall–Kier alpha value is -4.02. The molecule has 0 spiro atoms. The van der Waals surface area contributed by atoms with Crippen LogP contribution in [-0.2, 0) is 0 Å². The van der Waals surface area contributed by atoms with Crippen molar-refractivity contribution in [3.8, 4) is 0 Å². The van der Waals surface area contributed by atoms with Gasteiger partial charge in [0.15, 0.2) is 0 Å². The van der Waals surface area contributed by atoms with Crippen molar-refractivity contribution in [2.45, 2.75) is 5.92 Å². The van der Waals surface area contributed by atoms with Gasteiger partial charge in [-0.1, -0.05) is 12.1 Å². The Kier molecular flexibility index (Phi) is 4.19. The van der Waals surface area contributed by atoms with Crippen LogP contribution in [-0.4, -0.2) is 24.9 Å². The van der Waals surface area contributed by atoms with E-state index in [4.69, 9.17) is 0 Å². The molecule has 2 heterocycles. The smallest absolute Gasteiger partial charge is 0.314 e. The minimum absolute atomic E-state index is 0.0253. The van der Waals surface area contributed by atoms with E-state index in [2.05, 4.69) is 9.97 Å². The molecule has 26 heavy (non-hydrogen) atoms. The normalized spacial score (nSPS) is 10.8. The quantitative estimate of drug-likeness (QED) is 0.362. The molecule has 1 aromatic carbocycles. The molecule has 0 saturated carbocycles. The molecule has 0 bridgehead atoms. The van der Waals surface area contributed by atoms with E-state index in [-0.39, 0.29) is 22.4 Å². The van der Waals surface area contributed by atoms with E-state index < -0.39 is 33.3 Å². The van der Waals surface area contributed by atoms with Crippen LogP contribution in [0.2, 0.25) is 0 Å². The van der Waals surface area contributed by atoms with E-state index >= 15 is 0 Å². The van der Waals surface area contributed by atoms with Gasteiger partial charge in [-0.2, -0.15) is 0 Å². The molecule has 11 nitrogen and oxygen atoms in total. The number of nitro groups is 1. The first-order valence-corrected chi connectivity index (χ1v) is 7.25. The van der Waals surface area contributed by atoms with Gasteiger partial charge >= 0.3 is 11.4 Å². The van der Waals surface area contributed by atoms with E-state index in [1.807, 2.05) is 9.97 Å². The van der Waals surface area contributed by atoms with Crippen LogP contribution in [0.15, 0.2) is 55.8 Å². The predicted octanol–water partition coefficient (Wildman–Crippen LogP) is -0.472. The number of hydrogen-bond donors (Lipinski definition) is 4. The van der Waals surface area contributed by atoms with Gasteiger partial charge in [-0.05, 0) is 5.56 Å². The zero-order chi connectivity index (χ0) is 18.8. The largest absolute Gasteiger partial charge is 0.325 e. The zero-order valence-electron chi connectivity index (χ0n) is 12.9. The van der Waals surface area contributed by atoms with E-state index in [1.54, 1.807) is 0 Å². The third-order valence-corrected chi connectivity index (χ3v) is 3.73. The Morgan fingerprint density at radius 1 is 0.885 bits per heavy atom. The Bertz CT molecular complexity index is 1150. The summed E-state index contributed by atoms with van der Waals surface area (Å²) < 4.78 is 0. The minimum atomic E-state index is -1.06. The average Bonchev–Trinajstić information content (AvgIpc) is 2.59. The highest BCUT2D eigenvalue weighted by Crippen LogP contribution is 2.29. The summed E-state index contributed by atoms with van der Waals surface area (Å²) in [4.78, 5) is 66.1. The summed E-state index contributed by atoms with van der Waals surface area (Å²) in [5.41, 5.74) is -3.06. The first kappa shape index (κ1) is 16.8. The SMILES string of the molecule is O=c1[nH]cc(C(c2cccc([N+](=O)[O-])c2)c2c[nH]c(=O)[nH]c2=O)c(=O)[nH]1. The molecule has 0 atom stereocenters. The molecule has 132 valence electrons. The van der Waals surface area contributed by atoms with Crippen molar-refractivity contribution < 1.29 is 4.92 Å². The number of non-ortho nitro benzene ring substituents is 1. The van der Waals surface area contributed by atoms with Gasteiger partial charge in [-0.15, -0.1) is 0 Å². The second-order valence-electron chi connectivity index (χ2n) is 5.34. The van der Waals surface area contributed by atoms with E-state index in [0.29, 0.717) is 0 Å². The molecule has 0 fully saturated rings. The molecule has 3 rings (SSSR count). The minimum Gasteiger partial charge on any atom is -0.314 e. The Morgan fingerprint density at radius 3 is 1.88 bits per heavy atom. The molecule has 0 aliphatic carbocycles. The molecule has 11 heteroatoms.